The number of nitrogens with zero attached hydrogens (tertiary/aromatic N) is 4. The number of benzene rings is 2. The number of carbonyl (C=O) groups is 1. The van der Waals surface area contributed by atoms with Crippen molar-refractivity contribution < 1.29 is 23.0 Å². The Balaban J connectivity index is 0.000000495. The van der Waals surface area contributed by atoms with Crippen LogP contribution in [0.5, 0.6) is 11.5 Å². The lowest BCUT2D eigenvalue weighted by molar-refractivity contribution is -0.117. The minimum Gasteiger partial charge on any atom is -0.492 e. The molecule has 0 bridgehead atoms. The predicted octanol–water partition coefficient (Wildman–Crippen LogP) is 12.5. The first-order chi connectivity index (χ1) is 26.4. The number of aromatic nitrogens is 2. The zero-order valence-electron chi connectivity index (χ0n) is 34.5. The van der Waals surface area contributed by atoms with Gasteiger partial charge in [-0.1, -0.05) is 93.2 Å². The van der Waals surface area contributed by atoms with Crippen molar-refractivity contribution >= 4 is 34.4 Å². The van der Waals surface area contributed by atoms with Crippen LogP contribution >= 0.6 is 0 Å². The van der Waals surface area contributed by atoms with Gasteiger partial charge in [0.15, 0.2) is 23.2 Å². The largest absolute Gasteiger partial charge is 0.492 e. The minimum atomic E-state index is -0.720. The molecule has 1 aromatic heterocycles. The summed E-state index contributed by atoms with van der Waals surface area (Å²) < 4.78 is 42.6. The van der Waals surface area contributed by atoms with Gasteiger partial charge in [-0.3, -0.25) is 4.79 Å². The number of hydrazone groups is 1. The van der Waals surface area contributed by atoms with Crippen molar-refractivity contribution in [1.29, 1.82) is 0 Å². The molecule has 0 radical (unpaired) electrons. The first kappa shape index (κ1) is 44.5. The molecule has 2 aromatic carbocycles. The van der Waals surface area contributed by atoms with Crippen LogP contribution in [0.3, 0.4) is 0 Å². The molecule has 298 valence electrons. The Labute approximate surface area is 327 Å². The van der Waals surface area contributed by atoms with Crippen LogP contribution in [0.4, 0.5) is 20.3 Å². The maximum atomic E-state index is 15.3. The van der Waals surface area contributed by atoms with Gasteiger partial charge in [-0.25, -0.2) is 23.8 Å². The fraction of sp³-hybridized carbons (Fsp3) is 0.467. The number of allylic oxidation sites excluding steroid dienone is 5. The van der Waals surface area contributed by atoms with Crippen LogP contribution in [-0.2, 0) is 4.79 Å². The third-order valence-electron chi connectivity index (χ3n) is 9.54. The number of anilines is 2. The van der Waals surface area contributed by atoms with Crippen LogP contribution in [0.15, 0.2) is 83.2 Å². The van der Waals surface area contributed by atoms with Crippen molar-refractivity contribution in [3.8, 4) is 11.5 Å². The van der Waals surface area contributed by atoms with E-state index in [9.17, 15) is 4.79 Å². The molecule has 0 fully saturated rings. The minimum absolute atomic E-state index is 0.0769. The average molecular weight is 758 g/mol. The molecule has 3 heterocycles. The van der Waals surface area contributed by atoms with Crippen molar-refractivity contribution in [2.45, 2.75) is 114 Å². The van der Waals surface area contributed by atoms with E-state index in [1.807, 2.05) is 66.0 Å². The highest BCUT2D eigenvalue weighted by Gasteiger charge is 2.22. The summed E-state index contributed by atoms with van der Waals surface area (Å²) in [6, 6.07) is 5.89. The van der Waals surface area contributed by atoms with Crippen LogP contribution in [0.2, 0.25) is 0 Å². The second-order valence-corrected chi connectivity index (χ2v) is 14.2. The second-order valence-electron chi connectivity index (χ2n) is 14.2. The van der Waals surface area contributed by atoms with E-state index in [4.69, 9.17) is 9.47 Å². The van der Waals surface area contributed by atoms with Crippen molar-refractivity contribution in [1.82, 2.24) is 15.0 Å². The Bertz CT molecular complexity index is 1880. The Hall–Kier alpha value is -4.86. The molecule has 55 heavy (non-hydrogen) atoms. The number of ether oxygens (including phenoxy) is 2. The van der Waals surface area contributed by atoms with E-state index in [0.717, 1.165) is 61.1 Å². The lowest BCUT2D eigenvalue weighted by Gasteiger charge is -2.28. The van der Waals surface area contributed by atoms with Crippen LogP contribution in [0, 0.1) is 36.3 Å². The van der Waals surface area contributed by atoms with Crippen molar-refractivity contribution in [2.24, 2.45) is 22.9 Å². The molecule has 2 aliphatic heterocycles. The number of hydrogen-bond donors (Lipinski definition) is 1. The van der Waals surface area contributed by atoms with E-state index < -0.39 is 11.6 Å². The summed E-state index contributed by atoms with van der Waals surface area (Å²) in [7, 11) is 0. The molecular weight excluding hydrogens is 697 g/mol. The number of nitrogens with one attached hydrogen (secondary N) is 1. The quantitative estimate of drug-likeness (QED) is 0.154. The van der Waals surface area contributed by atoms with Crippen molar-refractivity contribution in [3.05, 3.63) is 95.3 Å². The molecule has 0 saturated heterocycles. The summed E-state index contributed by atoms with van der Waals surface area (Å²) in [6.45, 7) is 21.2. The smallest absolute Gasteiger partial charge is 0.168 e. The van der Waals surface area contributed by atoms with Crippen LogP contribution in [0.25, 0.3) is 10.9 Å². The molecule has 0 amide bonds. The molecule has 8 nitrogen and oxygen atoms in total. The summed E-state index contributed by atoms with van der Waals surface area (Å²) in [4.78, 5) is 19.8. The maximum absolute atomic E-state index is 15.3. The van der Waals surface area contributed by atoms with Gasteiger partial charge in [0.05, 0.1) is 28.9 Å². The highest BCUT2D eigenvalue weighted by atomic mass is 19.1. The normalized spacial score (nSPS) is 15.7. The number of fused-ring (bicyclic) bond motifs is 2. The Kier molecular flexibility index (Phi) is 18.2. The SMILES string of the molecule is CC/C=C/C(=O)C(C)CC.CCCC.CCCCC(C)COc1c(C)ccc2ncnc(Nc3cc(F)c(OC4=CC5=C(C)C(C)C=NN5C=C4)cc3F)c12. The average Bonchev–Trinajstić information content (AvgIpc) is 3.19. The van der Waals surface area contributed by atoms with Crippen molar-refractivity contribution in [2.75, 3.05) is 11.9 Å². The van der Waals surface area contributed by atoms with E-state index in [1.165, 1.54) is 19.2 Å². The van der Waals surface area contributed by atoms with Crippen molar-refractivity contribution in [3.63, 3.8) is 0 Å². The van der Waals surface area contributed by atoms with E-state index >= 15 is 8.78 Å². The number of rotatable bonds is 15. The number of hydrogen-bond acceptors (Lipinski definition) is 8. The Morgan fingerprint density at radius 2 is 1.76 bits per heavy atom. The zero-order valence-corrected chi connectivity index (χ0v) is 34.5. The molecule has 3 unspecified atom stereocenters. The summed E-state index contributed by atoms with van der Waals surface area (Å²) in [5, 5.41) is 9.68. The molecule has 0 spiro atoms. The topological polar surface area (TPSA) is 88.9 Å². The Morgan fingerprint density at radius 3 is 2.44 bits per heavy atom. The molecule has 0 saturated carbocycles. The molecule has 0 aliphatic carbocycles. The summed E-state index contributed by atoms with van der Waals surface area (Å²) in [5.74, 6) is 0.694. The van der Waals surface area contributed by atoms with Gasteiger partial charge in [0.1, 0.15) is 23.7 Å². The monoisotopic (exact) mass is 757 g/mol. The third kappa shape index (κ3) is 12.9. The van der Waals surface area contributed by atoms with Crippen LogP contribution < -0.4 is 14.8 Å². The van der Waals surface area contributed by atoms with Gasteiger partial charge in [0.2, 0.25) is 0 Å². The van der Waals surface area contributed by atoms with Gasteiger partial charge >= 0.3 is 0 Å². The molecule has 3 atom stereocenters. The first-order valence-electron chi connectivity index (χ1n) is 19.8. The van der Waals surface area contributed by atoms with Gasteiger partial charge in [-0.2, -0.15) is 5.10 Å². The molecule has 2 aliphatic rings. The van der Waals surface area contributed by atoms with Gasteiger partial charge in [0, 0.05) is 42.5 Å². The standard InChI is InChI=1S/C32H35F2N5O2.C9H16O.C4H10/c1-6-7-8-19(2)17-40-31-20(3)9-10-26-30(31)32(36-18-35-26)38-27-14-25(34)29(15-24(27)33)41-23-11-12-39-28(13-23)22(5)21(4)16-37-39;1-4-6-7-9(10)8(3)5-2;1-3-4-2/h9-16,18-19,21H,6-8,17H2,1-5H3,(H,35,36,38);6-8H,4-5H2,1-3H3;3-4H2,1-2H3/b;7-6+;. The van der Waals surface area contributed by atoms with E-state index in [1.54, 1.807) is 29.4 Å². The first-order valence-corrected chi connectivity index (χ1v) is 19.8. The van der Waals surface area contributed by atoms with Gasteiger partial charge in [-0.05, 0) is 68.4 Å². The lowest BCUT2D eigenvalue weighted by atomic mass is 9.99. The third-order valence-corrected chi connectivity index (χ3v) is 9.54. The summed E-state index contributed by atoms with van der Waals surface area (Å²) in [5.41, 5.74) is 3.42. The van der Waals surface area contributed by atoms with E-state index in [2.05, 4.69) is 48.1 Å². The van der Waals surface area contributed by atoms with E-state index in [0.29, 0.717) is 40.8 Å². The van der Waals surface area contributed by atoms with Crippen LogP contribution in [0.1, 0.15) is 113 Å². The molecule has 10 heteroatoms. The highest BCUT2D eigenvalue weighted by molar-refractivity contribution is 5.96. The van der Waals surface area contributed by atoms with Gasteiger partial charge in [0.25, 0.3) is 0 Å². The van der Waals surface area contributed by atoms with Crippen LogP contribution in [-0.4, -0.2) is 33.6 Å². The number of halogens is 2. The predicted molar refractivity (Wildman–Crippen MR) is 223 cm³/mol. The summed E-state index contributed by atoms with van der Waals surface area (Å²) in [6.07, 6.45) is 19.9. The van der Waals surface area contributed by atoms with Gasteiger partial charge in [-0.15, -0.1) is 0 Å². The summed E-state index contributed by atoms with van der Waals surface area (Å²) >= 11 is 0. The molecule has 5 rings (SSSR count). The Morgan fingerprint density at radius 1 is 1.02 bits per heavy atom. The fourth-order valence-electron chi connectivity index (χ4n) is 5.37. The maximum Gasteiger partial charge on any atom is 0.168 e. The number of aryl methyl sites for hydroxylation is 1. The number of carbonyl (C=O) groups excluding carboxylic acids is 1. The second kappa shape index (κ2) is 22.5. The number of unbranched alkanes of at least 4 members (excludes halogenated alkanes) is 2. The molecular formula is C45H61F2N5O3. The number of ketones is 1. The zero-order chi connectivity index (χ0) is 40.5. The molecule has 3 aromatic rings. The lowest BCUT2D eigenvalue weighted by Crippen LogP contribution is -2.22. The highest BCUT2D eigenvalue weighted by Crippen LogP contribution is 2.37. The molecule has 1 N–H and O–H groups in total. The van der Waals surface area contributed by atoms with E-state index in [-0.39, 0.29) is 29.1 Å². The fourth-order valence-corrected chi connectivity index (χ4v) is 5.37. The van der Waals surface area contributed by atoms with Gasteiger partial charge < -0.3 is 14.8 Å².